The molecule has 4 N–H and O–H groups in total. The third-order valence-corrected chi connectivity index (χ3v) is 9.22. The van der Waals surface area contributed by atoms with Crippen LogP contribution in [0, 0.1) is 0 Å². The molecule has 0 bridgehead atoms. The summed E-state index contributed by atoms with van der Waals surface area (Å²) in [6, 6.07) is 17.7. The van der Waals surface area contributed by atoms with E-state index in [4.69, 9.17) is 5.73 Å². The van der Waals surface area contributed by atoms with Gasteiger partial charge in [-0.2, -0.15) is 4.72 Å². The molecular formula is C33H42N6O6S. The van der Waals surface area contributed by atoms with E-state index >= 15 is 0 Å². The fraction of sp³-hybridized carbons (Fsp3) is 0.394. The van der Waals surface area contributed by atoms with Gasteiger partial charge in [0.1, 0.15) is 6.04 Å². The van der Waals surface area contributed by atoms with Crippen LogP contribution < -0.4 is 15.8 Å². The van der Waals surface area contributed by atoms with Crippen LogP contribution in [0.25, 0.3) is 10.8 Å². The number of carbonyl (C=O) groups is 3. The molecule has 3 amide bonds. The topological polar surface area (TPSA) is 164 Å². The van der Waals surface area contributed by atoms with Gasteiger partial charge in [0.2, 0.25) is 15.9 Å². The lowest BCUT2D eigenvalue weighted by molar-refractivity contribution is -0.141. The number of nitrogens with one attached hydrogen (secondary N) is 2. The Bertz CT molecular complexity index is 1670. The number of piperazine rings is 1. The molecule has 246 valence electrons. The van der Waals surface area contributed by atoms with E-state index in [1.54, 1.807) is 46.2 Å². The Kier molecular flexibility index (Phi) is 12.1. The molecule has 12 nitrogen and oxygen atoms in total. The van der Waals surface area contributed by atoms with Crippen molar-refractivity contribution < 1.29 is 27.6 Å². The van der Waals surface area contributed by atoms with Crippen LogP contribution in [0.5, 0.6) is 0 Å². The number of hydrogen-bond acceptors (Lipinski definition) is 7. The van der Waals surface area contributed by atoms with E-state index in [1.165, 1.54) is 13.0 Å². The van der Waals surface area contributed by atoms with E-state index < -0.39 is 27.9 Å². The predicted octanol–water partition coefficient (Wildman–Crippen LogP) is 3.35. The number of oxime groups is 1. The van der Waals surface area contributed by atoms with Crippen molar-refractivity contribution in [1.29, 1.82) is 0 Å². The van der Waals surface area contributed by atoms with Gasteiger partial charge in [0.15, 0.2) is 5.84 Å². The molecule has 0 aliphatic carbocycles. The quantitative estimate of drug-likeness (QED) is 0.0840. The molecule has 0 spiro atoms. The van der Waals surface area contributed by atoms with Crippen molar-refractivity contribution >= 4 is 44.5 Å². The number of sulfonamides is 1. The van der Waals surface area contributed by atoms with Gasteiger partial charge in [-0.15, -0.1) is 0 Å². The molecule has 3 aromatic rings. The SMILES string of the molecule is CCCCCCNC(=O)N1CCN(C(=O)[C@H](Cc2cccc(/C(N)=N/OC(C)=O)c2)NS(=O)(=O)c2ccc3ccccc3c2)CC1. The number of amides is 3. The smallest absolute Gasteiger partial charge is 0.332 e. The van der Waals surface area contributed by atoms with Crippen molar-refractivity contribution in [2.75, 3.05) is 32.7 Å². The first kappa shape index (κ1) is 34.4. The van der Waals surface area contributed by atoms with Crippen LogP contribution in [0.15, 0.2) is 76.8 Å². The number of amidine groups is 1. The zero-order valence-electron chi connectivity index (χ0n) is 26.3. The summed E-state index contributed by atoms with van der Waals surface area (Å²) in [5, 5.41) is 8.21. The summed E-state index contributed by atoms with van der Waals surface area (Å²) < 4.78 is 30.0. The van der Waals surface area contributed by atoms with Gasteiger partial charge in [-0.25, -0.2) is 18.0 Å². The fourth-order valence-corrected chi connectivity index (χ4v) is 6.46. The molecule has 3 aromatic carbocycles. The van der Waals surface area contributed by atoms with E-state index in [1.807, 2.05) is 24.3 Å². The zero-order valence-corrected chi connectivity index (χ0v) is 27.1. The number of unbranched alkanes of at least 4 members (excludes halogenated alkanes) is 3. The van der Waals surface area contributed by atoms with Gasteiger partial charge >= 0.3 is 12.0 Å². The number of fused-ring (bicyclic) bond motifs is 1. The molecule has 1 aliphatic heterocycles. The van der Waals surface area contributed by atoms with Gasteiger partial charge in [0.25, 0.3) is 0 Å². The minimum atomic E-state index is -4.12. The van der Waals surface area contributed by atoms with Crippen molar-refractivity contribution in [2.24, 2.45) is 10.9 Å². The van der Waals surface area contributed by atoms with Crippen molar-refractivity contribution in [1.82, 2.24) is 19.8 Å². The molecule has 1 aliphatic rings. The fourth-order valence-electron chi connectivity index (χ4n) is 5.24. The van der Waals surface area contributed by atoms with Crippen LogP contribution >= 0.6 is 0 Å². The maximum Gasteiger partial charge on any atom is 0.332 e. The van der Waals surface area contributed by atoms with E-state index in [2.05, 4.69) is 27.0 Å². The molecule has 1 saturated heterocycles. The second-order valence-electron chi connectivity index (χ2n) is 11.3. The third kappa shape index (κ3) is 9.51. The highest BCUT2D eigenvalue weighted by molar-refractivity contribution is 7.89. The first-order chi connectivity index (χ1) is 22.1. The van der Waals surface area contributed by atoms with E-state index in [-0.39, 0.29) is 36.3 Å². The summed E-state index contributed by atoms with van der Waals surface area (Å²) in [7, 11) is -4.12. The highest BCUT2D eigenvalue weighted by Crippen LogP contribution is 2.20. The molecular weight excluding hydrogens is 608 g/mol. The molecule has 1 fully saturated rings. The molecule has 13 heteroatoms. The lowest BCUT2D eigenvalue weighted by Gasteiger charge is -2.36. The highest BCUT2D eigenvalue weighted by atomic mass is 32.2. The van der Waals surface area contributed by atoms with Crippen molar-refractivity contribution in [3.05, 3.63) is 77.9 Å². The lowest BCUT2D eigenvalue weighted by atomic mass is 10.0. The Labute approximate surface area is 270 Å². The normalized spacial score (nSPS) is 14.6. The van der Waals surface area contributed by atoms with Crippen LogP contribution in [-0.2, 0) is 30.9 Å². The first-order valence-corrected chi connectivity index (χ1v) is 17.0. The van der Waals surface area contributed by atoms with Crippen LogP contribution in [0.3, 0.4) is 0 Å². The summed E-state index contributed by atoms with van der Waals surface area (Å²) in [6.07, 6.45) is 4.23. The van der Waals surface area contributed by atoms with Crippen LogP contribution in [0.2, 0.25) is 0 Å². The summed E-state index contributed by atoms with van der Waals surface area (Å²) in [6.45, 7) is 5.12. The van der Waals surface area contributed by atoms with E-state index in [9.17, 15) is 22.8 Å². The maximum absolute atomic E-state index is 13.9. The second kappa shape index (κ2) is 16.2. The van der Waals surface area contributed by atoms with Gasteiger partial charge in [0, 0.05) is 45.2 Å². The molecule has 1 atom stereocenters. The molecule has 46 heavy (non-hydrogen) atoms. The molecule has 0 aromatic heterocycles. The Hall–Kier alpha value is -4.49. The minimum absolute atomic E-state index is 0.0127. The lowest BCUT2D eigenvalue weighted by Crippen LogP contribution is -2.57. The number of benzene rings is 3. The maximum atomic E-state index is 13.9. The summed E-state index contributed by atoms with van der Waals surface area (Å²) in [5.74, 6) is -1.08. The zero-order chi connectivity index (χ0) is 33.1. The minimum Gasteiger partial charge on any atom is -0.380 e. The van der Waals surface area contributed by atoms with Gasteiger partial charge in [-0.05, 0) is 47.4 Å². The number of nitrogens with zero attached hydrogens (tertiary/aromatic N) is 3. The monoisotopic (exact) mass is 650 g/mol. The number of nitrogens with two attached hydrogens (primary N) is 1. The standard InChI is InChI=1S/C33H42N6O6S/c1-3-4-5-8-16-35-33(42)39-19-17-38(18-20-39)32(41)30(22-25-10-9-13-28(21-25)31(34)36-45-24(2)40)37-46(43,44)29-15-14-26-11-6-7-12-27(26)23-29/h6-7,9-15,21,23,30,37H,3-5,8,16-20,22H2,1-2H3,(H2,34,36)(H,35,42)/t30-/m0/s1. The molecule has 0 radical (unpaired) electrons. The van der Waals surface area contributed by atoms with Gasteiger partial charge in [-0.3, -0.25) is 4.79 Å². The first-order valence-electron chi connectivity index (χ1n) is 15.5. The number of rotatable bonds is 13. The molecule has 1 heterocycles. The molecule has 0 saturated carbocycles. The van der Waals surface area contributed by atoms with E-state index in [0.29, 0.717) is 30.8 Å². The van der Waals surface area contributed by atoms with Crippen LogP contribution in [-0.4, -0.2) is 80.7 Å². The Morgan fingerprint density at radius 2 is 1.63 bits per heavy atom. The number of urea groups is 1. The number of hydrogen-bond donors (Lipinski definition) is 3. The van der Waals surface area contributed by atoms with Gasteiger partial charge in [-0.1, -0.05) is 79.9 Å². The number of carbonyl (C=O) groups excluding carboxylic acids is 3. The van der Waals surface area contributed by atoms with Gasteiger partial charge in [0.05, 0.1) is 4.90 Å². The van der Waals surface area contributed by atoms with Gasteiger partial charge < -0.3 is 25.7 Å². The molecule has 0 unspecified atom stereocenters. The average Bonchev–Trinajstić information content (AvgIpc) is 3.06. The summed E-state index contributed by atoms with van der Waals surface area (Å²) >= 11 is 0. The van der Waals surface area contributed by atoms with Crippen molar-refractivity contribution in [3.8, 4) is 0 Å². The largest absolute Gasteiger partial charge is 0.380 e. The Morgan fingerprint density at radius 3 is 2.35 bits per heavy atom. The second-order valence-corrected chi connectivity index (χ2v) is 13.0. The average molecular weight is 651 g/mol. The predicted molar refractivity (Wildman–Crippen MR) is 176 cm³/mol. The summed E-state index contributed by atoms with van der Waals surface area (Å²) in [5.41, 5.74) is 7.03. The Morgan fingerprint density at radius 1 is 0.913 bits per heavy atom. The van der Waals surface area contributed by atoms with Crippen molar-refractivity contribution in [2.45, 2.75) is 56.9 Å². The molecule has 4 rings (SSSR count). The van der Waals surface area contributed by atoms with Crippen LogP contribution in [0.1, 0.15) is 50.7 Å². The summed E-state index contributed by atoms with van der Waals surface area (Å²) in [4.78, 5) is 45.7. The third-order valence-electron chi connectivity index (χ3n) is 7.75. The van der Waals surface area contributed by atoms with Crippen molar-refractivity contribution in [3.63, 3.8) is 0 Å². The van der Waals surface area contributed by atoms with E-state index in [0.717, 1.165) is 36.5 Å². The Balaban J connectivity index is 1.52. The highest BCUT2D eigenvalue weighted by Gasteiger charge is 2.32. The van der Waals surface area contributed by atoms with Crippen LogP contribution in [0.4, 0.5) is 4.79 Å².